The molecule has 3 rings (SSSR count). The average Bonchev–Trinajstić information content (AvgIpc) is 3.00. The van der Waals surface area contributed by atoms with Crippen molar-refractivity contribution in [2.75, 3.05) is 6.54 Å². The lowest BCUT2D eigenvalue weighted by atomic mass is 9.94. The number of H-pyrrole nitrogens is 1. The topological polar surface area (TPSA) is 41.8 Å². The van der Waals surface area contributed by atoms with Gasteiger partial charge in [0, 0.05) is 16.6 Å². The van der Waals surface area contributed by atoms with Gasteiger partial charge in [-0.2, -0.15) is 0 Å². The number of nitrogens with two attached hydrogens (primary N) is 1. The molecule has 1 unspecified atom stereocenters. The predicted molar refractivity (Wildman–Crippen MR) is 104 cm³/mol. The molecule has 2 aromatic carbocycles. The molecule has 0 radical (unpaired) electrons. The van der Waals surface area contributed by atoms with E-state index >= 15 is 0 Å². The van der Waals surface area contributed by atoms with Crippen molar-refractivity contribution in [3.8, 4) is 11.3 Å². The fraction of sp³-hybridized carbons (Fsp3) is 0.364. The Kier molecular flexibility index (Phi) is 5.54. The van der Waals surface area contributed by atoms with Crippen LogP contribution in [0.3, 0.4) is 0 Å². The number of rotatable bonds is 7. The quantitative estimate of drug-likeness (QED) is 0.528. The molecule has 0 amide bonds. The van der Waals surface area contributed by atoms with Gasteiger partial charge >= 0.3 is 0 Å². The summed E-state index contributed by atoms with van der Waals surface area (Å²) in [5.41, 5.74) is 11.7. The first kappa shape index (κ1) is 17.7. The summed E-state index contributed by atoms with van der Waals surface area (Å²) in [5.74, 6) is 0.342. The van der Waals surface area contributed by atoms with Gasteiger partial charge < -0.3 is 10.7 Å². The van der Waals surface area contributed by atoms with Gasteiger partial charge in [0.15, 0.2) is 0 Å². The molecule has 3 N–H and O–H groups in total. The van der Waals surface area contributed by atoms with Crippen molar-refractivity contribution in [3.05, 3.63) is 59.4 Å². The number of nitrogens with one attached hydrogen (secondary N) is 1. The molecule has 0 spiro atoms. The van der Waals surface area contributed by atoms with Crippen molar-refractivity contribution in [1.29, 1.82) is 0 Å². The molecular weight excluding hydrogens is 311 g/mol. The molecule has 0 bridgehead atoms. The number of unbranched alkanes of at least 4 members (excludes halogenated alkanes) is 1. The Labute approximate surface area is 149 Å². The van der Waals surface area contributed by atoms with Crippen LogP contribution in [0.1, 0.15) is 50.2 Å². The summed E-state index contributed by atoms with van der Waals surface area (Å²) in [6, 6.07) is 13.5. The molecule has 1 aromatic heterocycles. The van der Waals surface area contributed by atoms with Gasteiger partial charge in [-0.3, -0.25) is 0 Å². The van der Waals surface area contributed by atoms with E-state index in [1.54, 1.807) is 0 Å². The van der Waals surface area contributed by atoms with Crippen LogP contribution in [0.25, 0.3) is 22.2 Å². The predicted octanol–water partition coefficient (Wildman–Crippen LogP) is 5.77. The second kappa shape index (κ2) is 7.83. The van der Waals surface area contributed by atoms with Crippen LogP contribution in [0.15, 0.2) is 42.5 Å². The lowest BCUT2D eigenvalue weighted by Gasteiger charge is -2.10. The van der Waals surface area contributed by atoms with Gasteiger partial charge in [0.05, 0.1) is 0 Å². The third kappa shape index (κ3) is 3.77. The molecule has 2 nitrogen and oxygen atoms in total. The molecule has 0 saturated carbocycles. The summed E-state index contributed by atoms with van der Waals surface area (Å²) in [6.07, 6.45) is 4.18. The van der Waals surface area contributed by atoms with Gasteiger partial charge in [-0.15, -0.1) is 0 Å². The van der Waals surface area contributed by atoms with E-state index in [0.717, 1.165) is 42.5 Å². The number of benzene rings is 2. The van der Waals surface area contributed by atoms with Crippen LogP contribution in [0.2, 0.25) is 0 Å². The standard InChI is InChI=1S/C22H27FN2/c1-3-15(2)17-9-12-21-20(14-17)19(6-4-5-13-24)22(25-21)16-7-10-18(23)11-8-16/h7-12,14-15,25H,3-6,13,24H2,1-2H3. The second-order valence-corrected chi connectivity index (χ2v) is 6.85. The van der Waals surface area contributed by atoms with E-state index in [1.165, 1.54) is 28.6 Å². The highest BCUT2D eigenvalue weighted by Crippen LogP contribution is 2.34. The Hall–Kier alpha value is -2.13. The van der Waals surface area contributed by atoms with Crippen LogP contribution in [-0.2, 0) is 6.42 Å². The van der Waals surface area contributed by atoms with E-state index in [9.17, 15) is 4.39 Å². The van der Waals surface area contributed by atoms with Crippen molar-refractivity contribution < 1.29 is 4.39 Å². The Bertz CT molecular complexity index is 833. The van der Waals surface area contributed by atoms with E-state index in [4.69, 9.17) is 5.73 Å². The van der Waals surface area contributed by atoms with Crippen LogP contribution in [-0.4, -0.2) is 11.5 Å². The maximum absolute atomic E-state index is 13.3. The van der Waals surface area contributed by atoms with E-state index in [2.05, 4.69) is 37.0 Å². The highest BCUT2D eigenvalue weighted by molar-refractivity contribution is 5.91. The molecule has 0 aliphatic heterocycles. The minimum Gasteiger partial charge on any atom is -0.354 e. The largest absolute Gasteiger partial charge is 0.354 e. The molecular formula is C22H27FN2. The summed E-state index contributed by atoms with van der Waals surface area (Å²) in [7, 11) is 0. The summed E-state index contributed by atoms with van der Waals surface area (Å²) >= 11 is 0. The molecule has 0 fully saturated rings. The fourth-order valence-electron chi connectivity index (χ4n) is 3.38. The first-order chi connectivity index (χ1) is 12.1. The number of aromatic amines is 1. The number of fused-ring (bicyclic) bond motifs is 1. The fourth-order valence-corrected chi connectivity index (χ4v) is 3.38. The van der Waals surface area contributed by atoms with Crippen LogP contribution in [0.4, 0.5) is 4.39 Å². The Morgan fingerprint density at radius 2 is 1.84 bits per heavy atom. The van der Waals surface area contributed by atoms with E-state index in [1.807, 2.05) is 12.1 Å². The number of aryl methyl sites for hydroxylation is 1. The third-order valence-corrected chi connectivity index (χ3v) is 5.13. The number of aromatic nitrogens is 1. The van der Waals surface area contributed by atoms with Crippen LogP contribution in [0.5, 0.6) is 0 Å². The molecule has 0 aliphatic carbocycles. The maximum atomic E-state index is 13.3. The monoisotopic (exact) mass is 338 g/mol. The number of hydrogen-bond acceptors (Lipinski definition) is 1. The van der Waals surface area contributed by atoms with Crippen molar-refractivity contribution in [1.82, 2.24) is 4.98 Å². The maximum Gasteiger partial charge on any atom is 0.123 e. The molecule has 1 atom stereocenters. The molecule has 0 aliphatic rings. The normalized spacial score (nSPS) is 12.6. The van der Waals surface area contributed by atoms with E-state index in [0.29, 0.717) is 12.5 Å². The van der Waals surface area contributed by atoms with E-state index < -0.39 is 0 Å². The van der Waals surface area contributed by atoms with Gasteiger partial charge in [0.25, 0.3) is 0 Å². The average molecular weight is 338 g/mol. The van der Waals surface area contributed by atoms with Gasteiger partial charge in [0.1, 0.15) is 5.82 Å². The van der Waals surface area contributed by atoms with Gasteiger partial charge in [-0.05, 0) is 91.2 Å². The summed E-state index contributed by atoms with van der Waals surface area (Å²) < 4.78 is 13.3. The van der Waals surface area contributed by atoms with E-state index in [-0.39, 0.29) is 5.82 Å². The molecule has 0 saturated heterocycles. The minimum absolute atomic E-state index is 0.205. The van der Waals surface area contributed by atoms with Gasteiger partial charge in [-0.25, -0.2) is 4.39 Å². The first-order valence-corrected chi connectivity index (χ1v) is 9.24. The summed E-state index contributed by atoms with van der Waals surface area (Å²) in [6.45, 7) is 5.20. The molecule has 1 heterocycles. The lowest BCUT2D eigenvalue weighted by Crippen LogP contribution is -1.99. The zero-order valence-corrected chi connectivity index (χ0v) is 15.1. The van der Waals surface area contributed by atoms with Gasteiger partial charge in [-0.1, -0.05) is 19.9 Å². The van der Waals surface area contributed by atoms with Crippen LogP contribution >= 0.6 is 0 Å². The van der Waals surface area contributed by atoms with Crippen LogP contribution in [0, 0.1) is 5.82 Å². The Morgan fingerprint density at radius 1 is 1.08 bits per heavy atom. The van der Waals surface area contributed by atoms with Crippen molar-refractivity contribution in [3.63, 3.8) is 0 Å². The smallest absolute Gasteiger partial charge is 0.123 e. The van der Waals surface area contributed by atoms with Crippen molar-refractivity contribution in [2.24, 2.45) is 5.73 Å². The SMILES string of the molecule is CCC(C)c1ccc2[nH]c(-c3ccc(F)cc3)c(CCCCN)c2c1. The summed E-state index contributed by atoms with van der Waals surface area (Å²) in [5, 5.41) is 1.29. The molecule has 25 heavy (non-hydrogen) atoms. The van der Waals surface area contributed by atoms with Crippen LogP contribution < -0.4 is 5.73 Å². The highest BCUT2D eigenvalue weighted by atomic mass is 19.1. The Balaban J connectivity index is 2.10. The molecule has 3 aromatic rings. The van der Waals surface area contributed by atoms with Crippen molar-refractivity contribution >= 4 is 10.9 Å². The molecule has 132 valence electrons. The highest BCUT2D eigenvalue weighted by Gasteiger charge is 2.15. The molecule has 3 heteroatoms. The minimum atomic E-state index is -0.205. The Morgan fingerprint density at radius 3 is 2.52 bits per heavy atom. The second-order valence-electron chi connectivity index (χ2n) is 6.85. The zero-order valence-electron chi connectivity index (χ0n) is 15.1. The summed E-state index contributed by atoms with van der Waals surface area (Å²) in [4.78, 5) is 3.56. The first-order valence-electron chi connectivity index (χ1n) is 9.24. The van der Waals surface area contributed by atoms with Gasteiger partial charge in [0.2, 0.25) is 0 Å². The number of halogens is 1. The van der Waals surface area contributed by atoms with Crippen molar-refractivity contribution in [2.45, 2.75) is 45.4 Å². The third-order valence-electron chi connectivity index (χ3n) is 5.13. The number of hydrogen-bond donors (Lipinski definition) is 2. The lowest BCUT2D eigenvalue weighted by molar-refractivity contribution is 0.628. The zero-order chi connectivity index (χ0) is 17.8.